The predicted octanol–water partition coefficient (Wildman–Crippen LogP) is 2.12. The molecule has 1 aromatic carbocycles. The first kappa shape index (κ1) is 9.67. The van der Waals surface area contributed by atoms with E-state index in [9.17, 15) is 9.18 Å². The topological polar surface area (TPSA) is 49.7 Å². The molecule has 13 heavy (non-hydrogen) atoms. The van der Waals surface area contributed by atoms with Crippen molar-refractivity contribution in [2.45, 2.75) is 0 Å². The van der Waals surface area contributed by atoms with Crippen molar-refractivity contribution in [3.05, 3.63) is 34.6 Å². The Morgan fingerprint density at radius 1 is 1.62 bits per heavy atom. The molecule has 0 aliphatic rings. The zero-order valence-corrected chi connectivity index (χ0v) is 7.12. The minimum absolute atomic E-state index is 0.141. The van der Waals surface area contributed by atoms with Crippen LogP contribution in [0.25, 0.3) is 0 Å². The second-order valence-corrected chi connectivity index (χ2v) is 2.64. The molecule has 0 saturated carbocycles. The summed E-state index contributed by atoms with van der Waals surface area (Å²) in [6.07, 6.45) is 0.712. The van der Waals surface area contributed by atoms with Gasteiger partial charge in [-0.2, -0.15) is 0 Å². The number of oxime groups is 1. The quantitative estimate of drug-likeness (QED) is 0.345. The van der Waals surface area contributed by atoms with Crippen LogP contribution in [0.15, 0.2) is 23.4 Å². The van der Waals surface area contributed by atoms with Gasteiger partial charge in [0, 0.05) is 5.56 Å². The molecule has 0 saturated heterocycles. The molecule has 0 amide bonds. The summed E-state index contributed by atoms with van der Waals surface area (Å²) in [6, 6.07) is 3.49. The van der Waals surface area contributed by atoms with Crippen LogP contribution in [0, 0.1) is 5.82 Å². The molecule has 1 aromatic rings. The van der Waals surface area contributed by atoms with Crippen LogP contribution >= 0.6 is 11.6 Å². The van der Waals surface area contributed by atoms with E-state index in [2.05, 4.69) is 5.16 Å². The van der Waals surface area contributed by atoms with E-state index in [4.69, 9.17) is 16.8 Å². The average molecular weight is 202 g/mol. The third-order valence-corrected chi connectivity index (χ3v) is 1.67. The predicted molar refractivity (Wildman–Crippen MR) is 46.0 cm³/mol. The lowest BCUT2D eigenvalue weighted by Crippen LogP contribution is -2.00. The van der Waals surface area contributed by atoms with Crippen LogP contribution in [0.2, 0.25) is 5.02 Å². The van der Waals surface area contributed by atoms with Crippen LogP contribution in [0.1, 0.15) is 10.4 Å². The van der Waals surface area contributed by atoms with Crippen molar-refractivity contribution in [2.75, 3.05) is 0 Å². The summed E-state index contributed by atoms with van der Waals surface area (Å²) in [6.45, 7) is 0. The third kappa shape index (κ3) is 2.26. The lowest BCUT2D eigenvalue weighted by molar-refractivity contribution is 0.106. The molecule has 0 atom stereocenters. The minimum atomic E-state index is -0.598. The van der Waals surface area contributed by atoms with Crippen molar-refractivity contribution in [3.8, 4) is 0 Å². The molecule has 0 aliphatic heterocycles. The van der Waals surface area contributed by atoms with Gasteiger partial charge in [0.15, 0.2) is 0 Å². The highest BCUT2D eigenvalue weighted by atomic mass is 35.5. The highest BCUT2D eigenvalue weighted by Gasteiger charge is 2.06. The van der Waals surface area contributed by atoms with Crippen molar-refractivity contribution in [3.63, 3.8) is 0 Å². The number of hydrogen-bond donors (Lipinski definition) is 1. The number of nitrogens with zero attached hydrogens (tertiary/aromatic N) is 1. The molecule has 68 valence electrons. The van der Waals surface area contributed by atoms with Crippen molar-refractivity contribution in [1.82, 2.24) is 0 Å². The van der Waals surface area contributed by atoms with Crippen molar-refractivity contribution in [1.29, 1.82) is 0 Å². The van der Waals surface area contributed by atoms with E-state index >= 15 is 0 Å². The molecule has 3 nitrogen and oxygen atoms in total. The number of carbonyl (C=O) groups is 1. The van der Waals surface area contributed by atoms with Crippen LogP contribution in [-0.4, -0.2) is 17.2 Å². The first-order chi connectivity index (χ1) is 6.15. The molecule has 0 unspecified atom stereocenters. The summed E-state index contributed by atoms with van der Waals surface area (Å²) in [5.74, 6) is -1.14. The molecular formula is C8H5ClFNO2. The van der Waals surface area contributed by atoms with Gasteiger partial charge in [0.05, 0.1) is 5.02 Å². The van der Waals surface area contributed by atoms with E-state index in [0.29, 0.717) is 6.21 Å². The Morgan fingerprint density at radius 3 is 2.85 bits per heavy atom. The van der Waals surface area contributed by atoms with E-state index < -0.39 is 11.6 Å². The molecule has 0 aliphatic carbocycles. The fraction of sp³-hybridized carbons (Fsp3) is 0. The molecule has 1 rings (SSSR count). The van der Waals surface area contributed by atoms with E-state index in [1.165, 1.54) is 12.1 Å². The average Bonchev–Trinajstić information content (AvgIpc) is 2.10. The van der Waals surface area contributed by atoms with Crippen molar-refractivity contribution < 1.29 is 14.4 Å². The Hall–Kier alpha value is -1.42. The summed E-state index contributed by atoms with van der Waals surface area (Å²) >= 11 is 5.42. The maximum absolute atomic E-state index is 12.6. The van der Waals surface area contributed by atoms with Gasteiger partial charge >= 0.3 is 0 Å². The van der Waals surface area contributed by atoms with Gasteiger partial charge in [0.25, 0.3) is 0 Å². The van der Waals surface area contributed by atoms with Crippen LogP contribution < -0.4 is 0 Å². The Labute approximate surface area is 78.4 Å². The number of Topliss-reactive ketones (excluding diaryl/α,β-unsaturated/α-hetero) is 1. The molecule has 0 radical (unpaired) electrons. The SMILES string of the molecule is O=C(C=NO)c1ccc(F)c(Cl)c1. The molecule has 0 aromatic heterocycles. The Morgan fingerprint density at radius 2 is 2.31 bits per heavy atom. The van der Waals surface area contributed by atoms with Crippen LogP contribution in [0.5, 0.6) is 0 Å². The zero-order valence-electron chi connectivity index (χ0n) is 6.37. The van der Waals surface area contributed by atoms with E-state index in [1.807, 2.05) is 0 Å². The Balaban J connectivity index is 3.04. The van der Waals surface area contributed by atoms with E-state index in [-0.39, 0.29) is 10.6 Å². The number of rotatable bonds is 2. The van der Waals surface area contributed by atoms with Crippen LogP contribution in [0.4, 0.5) is 4.39 Å². The molecule has 0 fully saturated rings. The second-order valence-electron chi connectivity index (χ2n) is 2.24. The summed E-state index contributed by atoms with van der Waals surface area (Å²) in [5.41, 5.74) is 0.171. The summed E-state index contributed by atoms with van der Waals surface area (Å²) in [7, 11) is 0. The molecule has 1 N–H and O–H groups in total. The van der Waals surface area contributed by atoms with E-state index in [0.717, 1.165) is 6.07 Å². The summed E-state index contributed by atoms with van der Waals surface area (Å²) in [4.78, 5) is 11.0. The lowest BCUT2D eigenvalue weighted by Gasteiger charge is -1.96. The Bertz CT molecular complexity index is 365. The summed E-state index contributed by atoms with van der Waals surface area (Å²) in [5, 5.41) is 10.5. The first-order valence-electron chi connectivity index (χ1n) is 3.32. The minimum Gasteiger partial charge on any atom is -0.411 e. The number of benzene rings is 1. The van der Waals surface area contributed by atoms with Gasteiger partial charge in [0.1, 0.15) is 12.0 Å². The number of ketones is 1. The highest BCUT2D eigenvalue weighted by Crippen LogP contribution is 2.15. The molecule has 5 heteroatoms. The van der Waals surface area contributed by atoms with E-state index in [1.54, 1.807) is 0 Å². The smallest absolute Gasteiger partial charge is 0.207 e. The second kappa shape index (κ2) is 4.00. The number of halogens is 2. The third-order valence-electron chi connectivity index (χ3n) is 1.38. The van der Waals surface area contributed by atoms with Crippen LogP contribution in [0.3, 0.4) is 0 Å². The molecule has 0 bridgehead atoms. The number of hydrogen-bond acceptors (Lipinski definition) is 3. The van der Waals surface area contributed by atoms with Gasteiger partial charge in [-0.1, -0.05) is 16.8 Å². The van der Waals surface area contributed by atoms with Crippen LogP contribution in [-0.2, 0) is 0 Å². The maximum atomic E-state index is 12.6. The highest BCUT2D eigenvalue weighted by molar-refractivity contribution is 6.36. The zero-order chi connectivity index (χ0) is 9.84. The van der Waals surface area contributed by atoms with Crippen molar-refractivity contribution >= 4 is 23.6 Å². The summed E-state index contributed by atoms with van der Waals surface area (Å²) < 4.78 is 12.6. The molecule has 0 heterocycles. The monoisotopic (exact) mass is 201 g/mol. The van der Waals surface area contributed by atoms with Gasteiger partial charge in [-0.05, 0) is 18.2 Å². The first-order valence-corrected chi connectivity index (χ1v) is 3.69. The number of carbonyl (C=O) groups excluding carboxylic acids is 1. The lowest BCUT2D eigenvalue weighted by atomic mass is 10.1. The van der Waals surface area contributed by atoms with Gasteiger partial charge in [-0.3, -0.25) is 4.79 Å². The molecular weight excluding hydrogens is 197 g/mol. The normalized spacial score (nSPS) is 10.6. The van der Waals surface area contributed by atoms with Crippen molar-refractivity contribution in [2.24, 2.45) is 5.16 Å². The maximum Gasteiger partial charge on any atom is 0.207 e. The largest absolute Gasteiger partial charge is 0.411 e. The fourth-order valence-corrected chi connectivity index (χ4v) is 0.957. The Kier molecular flexibility index (Phi) is 2.97. The standard InChI is InChI=1S/C8H5ClFNO2/c9-6-3-5(1-2-7(6)10)8(12)4-11-13/h1-4,13H. The van der Waals surface area contributed by atoms with Gasteiger partial charge in [-0.25, -0.2) is 4.39 Å². The van der Waals surface area contributed by atoms with Gasteiger partial charge in [-0.15, -0.1) is 0 Å². The molecule has 0 spiro atoms. The van der Waals surface area contributed by atoms with Gasteiger partial charge < -0.3 is 5.21 Å². The van der Waals surface area contributed by atoms with Gasteiger partial charge in [0.2, 0.25) is 5.78 Å². The fourth-order valence-electron chi connectivity index (χ4n) is 0.776.